The van der Waals surface area contributed by atoms with Gasteiger partial charge in [-0.3, -0.25) is 9.78 Å². The maximum Gasteiger partial charge on any atom is 0.251 e. The Morgan fingerprint density at radius 1 is 1.03 bits per heavy atom. The maximum absolute atomic E-state index is 12.1. The highest BCUT2D eigenvalue weighted by Gasteiger charge is 2.08. The van der Waals surface area contributed by atoms with Crippen molar-refractivity contribution in [2.75, 3.05) is 17.6 Å². The Balaban J connectivity index is 1.47. The third kappa shape index (κ3) is 4.89. The van der Waals surface area contributed by atoms with E-state index in [4.69, 9.17) is 5.73 Å². The van der Waals surface area contributed by atoms with Gasteiger partial charge < -0.3 is 21.2 Å². The van der Waals surface area contributed by atoms with Crippen LogP contribution < -0.4 is 16.4 Å². The molecule has 4 N–H and O–H groups in total. The Morgan fingerprint density at radius 3 is 2.69 bits per heavy atom. The molecule has 0 aliphatic heterocycles. The van der Waals surface area contributed by atoms with E-state index in [0.29, 0.717) is 36.6 Å². The second kappa shape index (κ2) is 9.70. The minimum atomic E-state index is -0.211. The number of carbonyl (C=O) groups is 2. The monoisotopic (exact) mass is 425 g/mol. The van der Waals surface area contributed by atoms with Gasteiger partial charge >= 0.3 is 0 Å². The van der Waals surface area contributed by atoms with Gasteiger partial charge in [-0.05, 0) is 48.0 Å². The summed E-state index contributed by atoms with van der Waals surface area (Å²) in [5.41, 5.74) is 10.9. The molecule has 0 bridgehead atoms. The van der Waals surface area contributed by atoms with Crippen molar-refractivity contribution < 1.29 is 9.59 Å². The highest BCUT2D eigenvalue weighted by molar-refractivity contribution is 5.94. The number of nitrogens with zero attached hydrogens (tertiary/aromatic N) is 2. The molecule has 4 rings (SSSR count). The molecule has 2 aromatic heterocycles. The predicted molar refractivity (Wildman–Crippen MR) is 126 cm³/mol. The van der Waals surface area contributed by atoms with E-state index in [-0.39, 0.29) is 5.91 Å². The molecular formula is C25H23N5O2. The lowest BCUT2D eigenvalue weighted by atomic mass is 10.1. The van der Waals surface area contributed by atoms with Gasteiger partial charge in [0.15, 0.2) is 0 Å². The van der Waals surface area contributed by atoms with Crippen molar-refractivity contribution in [1.29, 1.82) is 0 Å². The third-order valence-corrected chi connectivity index (χ3v) is 5.04. The van der Waals surface area contributed by atoms with Crippen molar-refractivity contribution in [3.63, 3.8) is 0 Å². The average molecular weight is 425 g/mol. The Hall–Kier alpha value is -4.26. The first-order valence-corrected chi connectivity index (χ1v) is 10.3. The van der Waals surface area contributed by atoms with Gasteiger partial charge in [0.1, 0.15) is 12.1 Å². The molecule has 0 saturated carbocycles. The number of nitrogen functional groups attached to an aromatic ring is 1. The number of aldehydes is 1. The van der Waals surface area contributed by atoms with Crippen molar-refractivity contribution in [3.05, 3.63) is 84.1 Å². The van der Waals surface area contributed by atoms with E-state index in [1.54, 1.807) is 18.3 Å². The van der Waals surface area contributed by atoms with E-state index in [2.05, 4.69) is 26.7 Å². The zero-order valence-corrected chi connectivity index (χ0v) is 17.4. The summed E-state index contributed by atoms with van der Waals surface area (Å²) in [6.45, 7) is 0.901. The molecule has 0 saturated heterocycles. The van der Waals surface area contributed by atoms with Crippen LogP contribution in [-0.2, 0) is 11.3 Å². The van der Waals surface area contributed by atoms with E-state index in [9.17, 15) is 9.59 Å². The van der Waals surface area contributed by atoms with Gasteiger partial charge in [0.2, 0.25) is 0 Å². The first-order chi connectivity index (χ1) is 15.6. The molecule has 4 aromatic rings. The summed E-state index contributed by atoms with van der Waals surface area (Å²) in [7, 11) is 0. The fraction of sp³-hybridized carbons (Fsp3) is 0.120. The predicted octanol–water partition coefficient (Wildman–Crippen LogP) is 3.81. The summed E-state index contributed by atoms with van der Waals surface area (Å²) in [6, 6.07) is 20.9. The van der Waals surface area contributed by atoms with E-state index in [1.165, 1.54) is 0 Å². The summed E-state index contributed by atoms with van der Waals surface area (Å²) in [6.07, 6.45) is 2.85. The molecule has 2 heterocycles. The van der Waals surface area contributed by atoms with Crippen LogP contribution in [0.5, 0.6) is 0 Å². The molecule has 0 spiro atoms. The van der Waals surface area contributed by atoms with E-state index in [0.717, 1.165) is 34.0 Å². The van der Waals surface area contributed by atoms with Gasteiger partial charge in [0.05, 0.1) is 16.9 Å². The van der Waals surface area contributed by atoms with Crippen LogP contribution in [0, 0.1) is 0 Å². The largest absolute Gasteiger partial charge is 0.396 e. The molecule has 0 fully saturated rings. The van der Waals surface area contributed by atoms with Gasteiger partial charge in [-0.25, -0.2) is 4.98 Å². The lowest BCUT2D eigenvalue weighted by Gasteiger charge is -2.11. The summed E-state index contributed by atoms with van der Waals surface area (Å²) < 4.78 is 0. The number of carbonyl (C=O) groups excluding carboxylic acids is 2. The third-order valence-electron chi connectivity index (χ3n) is 5.04. The zero-order valence-electron chi connectivity index (χ0n) is 17.4. The topological polar surface area (TPSA) is 110 Å². The Kier molecular flexibility index (Phi) is 6.36. The van der Waals surface area contributed by atoms with Crippen molar-refractivity contribution in [2.45, 2.75) is 13.0 Å². The summed E-state index contributed by atoms with van der Waals surface area (Å²) in [4.78, 5) is 31.5. The first kappa shape index (κ1) is 21.0. The van der Waals surface area contributed by atoms with Crippen molar-refractivity contribution in [1.82, 2.24) is 15.3 Å². The normalized spacial score (nSPS) is 10.6. The molecule has 7 nitrogen and oxygen atoms in total. The average Bonchev–Trinajstić information content (AvgIpc) is 2.83. The molecule has 0 unspecified atom stereocenters. The molecular weight excluding hydrogens is 402 g/mol. The van der Waals surface area contributed by atoms with Gasteiger partial charge in [0.25, 0.3) is 5.91 Å². The smallest absolute Gasteiger partial charge is 0.251 e. The van der Waals surface area contributed by atoms with Crippen molar-refractivity contribution in [2.24, 2.45) is 0 Å². The minimum absolute atomic E-state index is 0.211. The molecule has 32 heavy (non-hydrogen) atoms. The lowest BCUT2D eigenvalue weighted by Crippen LogP contribution is -2.24. The molecule has 0 radical (unpaired) electrons. The molecule has 1 amide bonds. The van der Waals surface area contributed by atoms with Gasteiger partial charge in [-0.2, -0.15) is 0 Å². The maximum atomic E-state index is 12.1. The van der Waals surface area contributed by atoms with E-state index >= 15 is 0 Å². The Morgan fingerprint density at radius 2 is 1.88 bits per heavy atom. The van der Waals surface area contributed by atoms with Crippen LogP contribution in [0.4, 0.5) is 11.5 Å². The quantitative estimate of drug-likeness (QED) is 0.292. The van der Waals surface area contributed by atoms with Crippen LogP contribution in [-0.4, -0.2) is 28.7 Å². The van der Waals surface area contributed by atoms with Crippen molar-refractivity contribution in [3.8, 4) is 11.3 Å². The highest BCUT2D eigenvalue weighted by Crippen LogP contribution is 2.24. The van der Waals surface area contributed by atoms with Crippen molar-refractivity contribution >= 4 is 34.6 Å². The second-order valence-corrected chi connectivity index (χ2v) is 7.31. The molecule has 0 atom stereocenters. The van der Waals surface area contributed by atoms with Gasteiger partial charge in [-0.15, -0.1) is 0 Å². The molecule has 0 aliphatic carbocycles. The Labute approximate surface area is 185 Å². The zero-order chi connectivity index (χ0) is 22.3. The number of amides is 1. The lowest BCUT2D eigenvalue weighted by molar-refractivity contribution is -0.107. The molecule has 160 valence electrons. The molecule has 7 heteroatoms. The van der Waals surface area contributed by atoms with Crippen LogP contribution in [0.1, 0.15) is 22.3 Å². The van der Waals surface area contributed by atoms with Gasteiger partial charge in [0, 0.05) is 42.2 Å². The molecule has 0 aliphatic rings. The number of nitrogens with one attached hydrogen (secondary N) is 2. The van der Waals surface area contributed by atoms with Gasteiger partial charge in [-0.1, -0.05) is 24.3 Å². The number of aromatic nitrogens is 2. The number of pyridine rings is 2. The summed E-state index contributed by atoms with van der Waals surface area (Å²) in [5.74, 6) is 0.390. The highest BCUT2D eigenvalue weighted by atomic mass is 16.1. The number of hydrogen-bond donors (Lipinski definition) is 3. The van der Waals surface area contributed by atoms with E-state index in [1.807, 2.05) is 48.5 Å². The first-order valence-electron chi connectivity index (χ1n) is 10.3. The number of hydrogen-bond acceptors (Lipinski definition) is 6. The SMILES string of the molecule is Nc1ccc(-c2ccc(C(=O)NCCC=O)cc2)nc1NCc1ccc2ncccc2c1. The number of benzene rings is 2. The van der Waals surface area contributed by atoms with Crippen LogP contribution in [0.3, 0.4) is 0 Å². The number of anilines is 2. The molecule has 2 aromatic carbocycles. The minimum Gasteiger partial charge on any atom is -0.396 e. The van der Waals surface area contributed by atoms with E-state index < -0.39 is 0 Å². The fourth-order valence-electron chi connectivity index (χ4n) is 3.33. The number of rotatable bonds is 8. The Bertz CT molecular complexity index is 1250. The van der Waals surface area contributed by atoms with Crippen LogP contribution >= 0.6 is 0 Å². The fourth-order valence-corrected chi connectivity index (χ4v) is 3.33. The standard InChI is InChI=1S/C25H23N5O2/c26-21-9-11-23(18-5-7-19(8-6-18)25(32)28-13-2-14-31)30-24(21)29-16-17-4-10-22-20(15-17)3-1-12-27-22/h1,3-12,14-15H,2,13,16,26H2,(H,28,32)(H,29,30). The van der Waals surface area contributed by atoms with Crippen LogP contribution in [0.2, 0.25) is 0 Å². The summed E-state index contributed by atoms with van der Waals surface area (Å²) in [5, 5.41) is 7.10. The number of fused-ring (bicyclic) bond motifs is 1. The second-order valence-electron chi connectivity index (χ2n) is 7.31. The van der Waals surface area contributed by atoms with Crippen LogP contribution in [0.15, 0.2) is 72.9 Å². The number of nitrogens with two attached hydrogens (primary N) is 1. The summed E-state index contributed by atoms with van der Waals surface area (Å²) >= 11 is 0. The van der Waals surface area contributed by atoms with Crippen LogP contribution in [0.25, 0.3) is 22.2 Å².